The van der Waals surface area contributed by atoms with Gasteiger partial charge in [0.25, 0.3) is 0 Å². The number of aliphatic carboxylic acids is 1. The number of hydrogen-bond donors (Lipinski definition) is 2. The second kappa shape index (κ2) is 8.18. The summed E-state index contributed by atoms with van der Waals surface area (Å²) in [6.45, 7) is 2.46. The summed E-state index contributed by atoms with van der Waals surface area (Å²) in [5.74, 6) is -3.15. The van der Waals surface area contributed by atoms with Gasteiger partial charge in [-0.25, -0.2) is 23.2 Å². The molecular weight excluding hydrogens is 459 g/mol. The third-order valence-electron chi connectivity index (χ3n) is 5.63. The maximum absolute atomic E-state index is 12.6. The molecule has 0 aromatic carbocycles. The van der Waals surface area contributed by atoms with Crippen LogP contribution in [-0.4, -0.2) is 82.5 Å². The first kappa shape index (κ1) is 23.7. The van der Waals surface area contributed by atoms with Gasteiger partial charge in [-0.1, -0.05) is 6.92 Å². The van der Waals surface area contributed by atoms with Crippen molar-refractivity contribution in [2.24, 2.45) is 5.92 Å². The van der Waals surface area contributed by atoms with Crippen LogP contribution < -0.4 is 4.90 Å². The molecule has 2 fully saturated rings. The Morgan fingerprint density at radius 1 is 1.34 bits per heavy atom. The van der Waals surface area contributed by atoms with E-state index >= 15 is 0 Å². The van der Waals surface area contributed by atoms with Crippen molar-refractivity contribution >= 4 is 38.6 Å². The Balaban J connectivity index is 0.000000360. The molecule has 4 rings (SSSR count). The van der Waals surface area contributed by atoms with Crippen LogP contribution in [0.25, 0.3) is 11.0 Å². The molecular formula is C17H20F3N5O6S. The fourth-order valence-electron chi connectivity index (χ4n) is 3.99. The molecule has 15 heteroatoms. The van der Waals surface area contributed by atoms with Gasteiger partial charge in [0.05, 0.1) is 24.2 Å². The number of carboxylic acid groups (broad SMARTS) is 1. The van der Waals surface area contributed by atoms with E-state index in [1.54, 1.807) is 0 Å². The van der Waals surface area contributed by atoms with Crippen LogP contribution in [0.1, 0.15) is 19.0 Å². The average molecular weight is 479 g/mol. The summed E-state index contributed by atoms with van der Waals surface area (Å²) in [5, 5.41) is 15.1. The van der Waals surface area contributed by atoms with Crippen molar-refractivity contribution in [3.05, 3.63) is 12.0 Å². The summed E-state index contributed by atoms with van der Waals surface area (Å²) in [7, 11) is -2.06. The zero-order chi connectivity index (χ0) is 23.9. The van der Waals surface area contributed by atoms with E-state index in [9.17, 15) is 26.4 Å². The lowest BCUT2D eigenvalue weighted by molar-refractivity contribution is -0.192. The van der Waals surface area contributed by atoms with Gasteiger partial charge in [-0.3, -0.25) is 9.89 Å². The molecule has 4 heterocycles. The van der Waals surface area contributed by atoms with Gasteiger partial charge in [0.2, 0.25) is 0 Å². The first-order valence-corrected chi connectivity index (χ1v) is 11.1. The SMILES string of the molecule is CCc1[nH]nc2ncnc(N3CC4(C3)C(C(=O)OC)CCS4(=O)=O)c12.O=C(O)C(F)(F)F. The molecule has 2 aliphatic rings. The molecule has 176 valence electrons. The Bertz CT molecular complexity index is 1140. The van der Waals surface area contributed by atoms with Gasteiger partial charge in [0.1, 0.15) is 16.9 Å². The van der Waals surface area contributed by atoms with Crippen molar-refractivity contribution in [1.29, 1.82) is 0 Å². The van der Waals surface area contributed by atoms with E-state index in [1.807, 2.05) is 11.8 Å². The van der Waals surface area contributed by atoms with E-state index in [2.05, 4.69) is 20.2 Å². The highest BCUT2D eigenvalue weighted by atomic mass is 32.2. The number of aromatic nitrogens is 4. The Labute approximate surface area is 179 Å². The number of carboxylic acids is 1. The zero-order valence-corrected chi connectivity index (χ0v) is 17.8. The predicted octanol–water partition coefficient (Wildman–Crippen LogP) is 0.715. The summed E-state index contributed by atoms with van der Waals surface area (Å²) in [6, 6.07) is 0. The summed E-state index contributed by atoms with van der Waals surface area (Å²) >= 11 is 0. The molecule has 0 saturated carbocycles. The Kier molecular flexibility index (Phi) is 6.06. The smallest absolute Gasteiger partial charge is 0.475 e. The maximum Gasteiger partial charge on any atom is 0.490 e. The number of anilines is 1. The molecule has 11 nitrogen and oxygen atoms in total. The van der Waals surface area contributed by atoms with Crippen LogP contribution >= 0.6 is 0 Å². The van der Waals surface area contributed by atoms with Gasteiger partial charge in [0.15, 0.2) is 15.5 Å². The normalized spacial score (nSPS) is 21.0. The van der Waals surface area contributed by atoms with E-state index in [4.69, 9.17) is 14.6 Å². The molecule has 1 atom stereocenters. The summed E-state index contributed by atoms with van der Waals surface area (Å²) in [4.78, 5) is 31.4. The molecule has 1 unspecified atom stereocenters. The van der Waals surface area contributed by atoms with Gasteiger partial charge >= 0.3 is 18.1 Å². The number of H-pyrrole nitrogens is 1. The van der Waals surface area contributed by atoms with Crippen LogP contribution in [0.15, 0.2) is 6.33 Å². The van der Waals surface area contributed by atoms with Crippen LogP contribution in [-0.2, 0) is 30.6 Å². The van der Waals surface area contributed by atoms with Gasteiger partial charge in [-0.2, -0.15) is 18.3 Å². The fourth-order valence-corrected chi connectivity index (χ4v) is 6.30. The number of nitrogens with one attached hydrogen (secondary N) is 1. The molecule has 1 spiro atoms. The number of fused-ring (bicyclic) bond motifs is 1. The minimum Gasteiger partial charge on any atom is -0.475 e. The number of nitrogens with zero attached hydrogens (tertiary/aromatic N) is 4. The second-order valence-electron chi connectivity index (χ2n) is 7.36. The van der Waals surface area contributed by atoms with E-state index in [0.29, 0.717) is 17.9 Å². The highest BCUT2D eigenvalue weighted by molar-refractivity contribution is 7.93. The van der Waals surface area contributed by atoms with Crippen LogP contribution in [0, 0.1) is 5.92 Å². The van der Waals surface area contributed by atoms with Gasteiger partial charge < -0.3 is 14.7 Å². The molecule has 2 aliphatic heterocycles. The van der Waals surface area contributed by atoms with Crippen LogP contribution in [0.3, 0.4) is 0 Å². The average Bonchev–Trinajstić information content (AvgIpc) is 3.23. The monoisotopic (exact) mass is 479 g/mol. The van der Waals surface area contributed by atoms with E-state index < -0.39 is 38.6 Å². The molecule has 2 saturated heterocycles. The van der Waals surface area contributed by atoms with Crippen molar-refractivity contribution < 1.29 is 41.0 Å². The van der Waals surface area contributed by atoms with E-state index in [-0.39, 0.29) is 18.8 Å². The number of ether oxygens (including phenoxy) is 1. The summed E-state index contributed by atoms with van der Waals surface area (Å²) < 4.78 is 60.7. The number of hydrogen-bond acceptors (Lipinski definition) is 9. The van der Waals surface area contributed by atoms with E-state index in [1.165, 1.54) is 13.4 Å². The number of rotatable bonds is 3. The number of esters is 1. The number of sulfone groups is 1. The number of aryl methyl sites for hydroxylation is 1. The molecule has 0 amide bonds. The zero-order valence-electron chi connectivity index (χ0n) is 17.0. The highest BCUT2D eigenvalue weighted by Gasteiger charge is 2.64. The summed E-state index contributed by atoms with van der Waals surface area (Å²) in [5.41, 5.74) is 1.46. The lowest BCUT2D eigenvalue weighted by Crippen LogP contribution is -2.68. The third-order valence-corrected chi connectivity index (χ3v) is 8.19. The quantitative estimate of drug-likeness (QED) is 0.601. The van der Waals surface area contributed by atoms with Gasteiger partial charge in [-0.05, 0) is 12.8 Å². The van der Waals surface area contributed by atoms with Crippen molar-refractivity contribution in [2.45, 2.75) is 30.7 Å². The van der Waals surface area contributed by atoms with Crippen LogP contribution in [0.4, 0.5) is 19.0 Å². The molecule has 2 aromatic heterocycles. The lowest BCUT2D eigenvalue weighted by Gasteiger charge is -2.49. The molecule has 2 aromatic rings. The van der Waals surface area contributed by atoms with Crippen molar-refractivity contribution in [2.75, 3.05) is 30.9 Å². The van der Waals surface area contributed by atoms with Crippen molar-refractivity contribution in [3.8, 4) is 0 Å². The molecule has 0 aliphatic carbocycles. The Morgan fingerprint density at radius 2 is 1.97 bits per heavy atom. The minimum absolute atomic E-state index is 0.0196. The van der Waals surface area contributed by atoms with Crippen molar-refractivity contribution in [1.82, 2.24) is 20.2 Å². The molecule has 0 radical (unpaired) electrons. The maximum atomic E-state index is 12.6. The number of carbonyl (C=O) groups excluding carboxylic acids is 1. The Hall–Kier alpha value is -2.97. The number of halogens is 3. The van der Waals surface area contributed by atoms with Crippen LogP contribution in [0.5, 0.6) is 0 Å². The topological polar surface area (TPSA) is 155 Å². The van der Waals surface area contributed by atoms with Crippen LogP contribution in [0.2, 0.25) is 0 Å². The third kappa shape index (κ3) is 3.84. The molecule has 2 N–H and O–H groups in total. The number of alkyl halides is 3. The van der Waals surface area contributed by atoms with Gasteiger partial charge in [-0.15, -0.1) is 0 Å². The fraction of sp³-hybridized carbons (Fsp3) is 0.588. The number of aromatic amines is 1. The molecule has 0 bridgehead atoms. The van der Waals surface area contributed by atoms with E-state index in [0.717, 1.165) is 17.5 Å². The molecule has 32 heavy (non-hydrogen) atoms. The Morgan fingerprint density at radius 3 is 2.50 bits per heavy atom. The standard InChI is InChI=1S/C15H19N5O4S.C2HF3O2/c1-3-10-11-12(19-18-10)16-8-17-13(11)20-6-15(7-20)9(14(21)24-2)4-5-25(15,22)23;3-2(4,5)1(6)7/h8-9H,3-7H2,1-2H3,(H,16,17,18,19);(H,6,7). The second-order valence-corrected chi connectivity index (χ2v) is 9.81. The predicted molar refractivity (Wildman–Crippen MR) is 104 cm³/mol. The van der Waals surface area contributed by atoms with Gasteiger partial charge in [0, 0.05) is 18.8 Å². The van der Waals surface area contributed by atoms with Crippen molar-refractivity contribution in [3.63, 3.8) is 0 Å². The number of methoxy groups -OCH3 is 1. The summed E-state index contributed by atoms with van der Waals surface area (Å²) in [6.07, 6.45) is -2.61. The first-order valence-electron chi connectivity index (χ1n) is 9.41. The minimum atomic E-state index is -5.08. The lowest BCUT2D eigenvalue weighted by atomic mass is 9.83. The number of carbonyl (C=O) groups is 2. The highest BCUT2D eigenvalue weighted by Crippen LogP contribution is 2.47. The largest absolute Gasteiger partial charge is 0.490 e. The first-order chi connectivity index (χ1) is 14.9.